The lowest BCUT2D eigenvalue weighted by atomic mass is 10.1. The summed E-state index contributed by atoms with van der Waals surface area (Å²) < 4.78 is 25.8. The van der Waals surface area contributed by atoms with Crippen LogP contribution in [-0.2, 0) is 21.2 Å². The number of nitrogens with zero attached hydrogens (tertiary/aromatic N) is 1. The van der Waals surface area contributed by atoms with Crippen molar-refractivity contribution in [3.8, 4) is 0 Å². The van der Waals surface area contributed by atoms with Gasteiger partial charge in [0.2, 0.25) is 15.9 Å². The molecule has 0 saturated carbocycles. The zero-order valence-electron chi connectivity index (χ0n) is 15.6. The summed E-state index contributed by atoms with van der Waals surface area (Å²) in [7, 11) is -3.60. The van der Waals surface area contributed by atoms with Gasteiger partial charge in [0.25, 0.3) is 0 Å². The first-order valence-corrected chi connectivity index (χ1v) is 11.1. The van der Waals surface area contributed by atoms with E-state index >= 15 is 0 Å². The van der Waals surface area contributed by atoms with Crippen LogP contribution in [0.1, 0.15) is 25.3 Å². The predicted molar refractivity (Wildman–Crippen MR) is 111 cm³/mol. The van der Waals surface area contributed by atoms with Crippen molar-refractivity contribution in [2.24, 2.45) is 0 Å². The summed E-state index contributed by atoms with van der Waals surface area (Å²) in [5.41, 5.74) is 1.51. The van der Waals surface area contributed by atoms with Crippen molar-refractivity contribution in [3.05, 3.63) is 65.2 Å². The fraction of sp³-hybridized carbons (Fsp3) is 0.350. The molecule has 0 aliphatic heterocycles. The quantitative estimate of drug-likeness (QED) is 0.644. The maximum absolute atomic E-state index is 12.7. The van der Waals surface area contributed by atoms with Crippen molar-refractivity contribution in [3.63, 3.8) is 0 Å². The largest absolute Gasteiger partial charge is 0.354 e. The predicted octanol–water partition coefficient (Wildman–Crippen LogP) is 3.63. The summed E-state index contributed by atoms with van der Waals surface area (Å²) in [4.78, 5) is 12.7. The molecule has 2 rings (SSSR count). The number of nitrogens with one attached hydrogen (secondary N) is 1. The molecule has 5 nitrogen and oxygen atoms in total. The van der Waals surface area contributed by atoms with Gasteiger partial charge in [0.15, 0.2) is 0 Å². The lowest BCUT2D eigenvalue weighted by molar-refractivity contribution is -0.122. The molecule has 1 amide bonds. The highest BCUT2D eigenvalue weighted by Gasteiger charge is 2.31. The molecule has 146 valence electrons. The number of benzene rings is 2. The lowest BCUT2D eigenvalue weighted by Gasteiger charge is -2.30. The molecule has 1 atom stereocenters. The monoisotopic (exact) mass is 408 g/mol. The van der Waals surface area contributed by atoms with Crippen LogP contribution in [0.25, 0.3) is 0 Å². The van der Waals surface area contributed by atoms with E-state index in [-0.39, 0.29) is 5.91 Å². The molecule has 0 radical (unpaired) electrons. The number of carbonyl (C=O) groups excluding carboxylic acids is 1. The lowest BCUT2D eigenvalue weighted by Crippen LogP contribution is -2.49. The number of anilines is 1. The summed E-state index contributed by atoms with van der Waals surface area (Å²) in [6.45, 7) is 2.25. The molecular weight excluding hydrogens is 384 g/mol. The smallest absolute Gasteiger partial charge is 0.243 e. The number of hydrogen-bond donors (Lipinski definition) is 1. The van der Waals surface area contributed by atoms with Crippen LogP contribution in [0.2, 0.25) is 5.02 Å². The molecule has 0 heterocycles. The van der Waals surface area contributed by atoms with Gasteiger partial charge >= 0.3 is 0 Å². The topological polar surface area (TPSA) is 66.5 Å². The van der Waals surface area contributed by atoms with E-state index in [2.05, 4.69) is 5.32 Å². The highest BCUT2D eigenvalue weighted by molar-refractivity contribution is 7.92. The maximum atomic E-state index is 12.7. The molecule has 0 bridgehead atoms. The Labute approximate surface area is 166 Å². The molecule has 0 spiro atoms. The molecule has 0 unspecified atom stereocenters. The van der Waals surface area contributed by atoms with Crippen LogP contribution in [0.4, 0.5) is 5.69 Å². The van der Waals surface area contributed by atoms with E-state index in [1.165, 1.54) is 4.31 Å². The number of amides is 1. The van der Waals surface area contributed by atoms with Gasteiger partial charge in [-0.1, -0.05) is 54.9 Å². The molecule has 0 aliphatic carbocycles. The van der Waals surface area contributed by atoms with E-state index in [1.54, 1.807) is 37.3 Å². The summed E-state index contributed by atoms with van der Waals surface area (Å²) in [5.74, 6) is -0.300. The van der Waals surface area contributed by atoms with Gasteiger partial charge in [-0.05, 0) is 43.0 Å². The van der Waals surface area contributed by atoms with E-state index < -0.39 is 16.1 Å². The second-order valence-corrected chi connectivity index (χ2v) is 8.57. The molecule has 7 heteroatoms. The molecule has 2 aromatic carbocycles. The minimum atomic E-state index is -3.60. The standard InChI is InChI=1S/C20H25ClN2O3S/c1-3-19(23(27(2,25)26)17-12-5-4-6-13-17)20(24)22-15-9-11-16-10-7-8-14-18(16)21/h4-8,10,12-14,19H,3,9,11,15H2,1-2H3,(H,22,24)/t19-/m0/s1. The van der Waals surface area contributed by atoms with Crippen molar-refractivity contribution in [1.82, 2.24) is 5.32 Å². The first-order chi connectivity index (χ1) is 12.8. The normalized spacial score (nSPS) is 12.4. The fourth-order valence-corrected chi connectivity index (χ4v) is 4.39. The van der Waals surface area contributed by atoms with Crippen LogP contribution < -0.4 is 9.62 Å². The second-order valence-electron chi connectivity index (χ2n) is 6.30. The summed E-state index contributed by atoms with van der Waals surface area (Å²) >= 11 is 6.14. The Hall–Kier alpha value is -2.05. The number of rotatable bonds is 9. The third-order valence-corrected chi connectivity index (χ3v) is 5.77. The molecule has 0 aliphatic rings. The van der Waals surface area contributed by atoms with Gasteiger partial charge in [0.05, 0.1) is 11.9 Å². The number of sulfonamides is 1. The van der Waals surface area contributed by atoms with Gasteiger partial charge in [0.1, 0.15) is 6.04 Å². The average Bonchev–Trinajstić information content (AvgIpc) is 2.64. The van der Waals surface area contributed by atoms with Crippen molar-refractivity contribution in [2.75, 3.05) is 17.1 Å². The van der Waals surface area contributed by atoms with Crippen LogP contribution in [0, 0.1) is 0 Å². The SMILES string of the molecule is CC[C@@H](C(=O)NCCCc1ccccc1Cl)N(c1ccccc1)S(C)(=O)=O. The highest BCUT2D eigenvalue weighted by Crippen LogP contribution is 2.22. The summed E-state index contributed by atoms with van der Waals surface area (Å²) in [6, 6.07) is 15.5. The van der Waals surface area contributed by atoms with Crippen LogP contribution in [0.3, 0.4) is 0 Å². The number of halogens is 1. The van der Waals surface area contributed by atoms with Crippen LogP contribution in [0.5, 0.6) is 0 Å². The van der Waals surface area contributed by atoms with E-state index in [9.17, 15) is 13.2 Å². The minimum absolute atomic E-state index is 0.300. The molecule has 1 N–H and O–H groups in total. The number of para-hydroxylation sites is 1. The molecule has 0 saturated heterocycles. The summed E-state index contributed by atoms with van der Waals surface area (Å²) in [5, 5.41) is 3.57. The van der Waals surface area contributed by atoms with Crippen molar-refractivity contribution in [2.45, 2.75) is 32.2 Å². The van der Waals surface area contributed by atoms with Crippen LogP contribution in [0.15, 0.2) is 54.6 Å². The van der Waals surface area contributed by atoms with Gasteiger partial charge < -0.3 is 5.32 Å². The zero-order chi connectivity index (χ0) is 19.9. The Morgan fingerprint density at radius 3 is 2.33 bits per heavy atom. The Balaban J connectivity index is 2.02. The molecule has 27 heavy (non-hydrogen) atoms. The number of hydrogen-bond acceptors (Lipinski definition) is 3. The van der Waals surface area contributed by atoms with E-state index in [4.69, 9.17) is 11.6 Å². The minimum Gasteiger partial charge on any atom is -0.354 e. The number of carbonyl (C=O) groups is 1. The van der Waals surface area contributed by atoms with Crippen molar-refractivity contribution >= 4 is 33.2 Å². The summed E-state index contributed by atoms with van der Waals surface area (Å²) in [6.07, 6.45) is 2.95. The maximum Gasteiger partial charge on any atom is 0.243 e. The molecule has 2 aromatic rings. The number of aryl methyl sites for hydroxylation is 1. The Kier molecular flexibility index (Phi) is 7.68. The Morgan fingerprint density at radius 1 is 1.11 bits per heavy atom. The van der Waals surface area contributed by atoms with Gasteiger partial charge in [-0.15, -0.1) is 0 Å². The molecule has 0 aromatic heterocycles. The highest BCUT2D eigenvalue weighted by atomic mass is 35.5. The second kappa shape index (κ2) is 9.76. The van der Waals surface area contributed by atoms with Gasteiger partial charge in [-0.3, -0.25) is 9.10 Å². The van der Waals surface area contributed by atoms with Gasteiger partial charge in [0, 0.05) is 11.6 Å². The first kappa shape index (κ1) is 21.3. The van der Waals surface area contributed by atoms with E-state index in [0.29, 0.717) is 23.7 Å². The molecular formula is C20H25ClN2O3S. The third-order valence-electron chi connectivity index (χ3n) is 4.22. The van der Waals surface area contributed by atoms with Gasteiger partial charge in [-0.2, -0.15) is 0 Å². The van der Waals surface area contributed by atoms with Crippen LogP contribution >= 0.6 is 11.6 Å². The fourth-order valence-electron chi connectivity index (χ4n) is 2.94. The third kappa shape index (κ3) is 5.97. The van der Waals surface area contributed by atoms with E-state index in [0.717, 1.165) is 24.7 Å². The van der Waals surface area contributed by atoms with Crippen LogP contribution in [-0.4, -0.2) is 33.2 Å². The van der Waals surface area contributed by atoms with Crippen molar-refractivity contribution < 1.29 is 13.2 Å². The Morgan fingerprint density at radius 2 is 1.74 bits per heavy atom. The van der Waals surface area contributed by atoms with E-state index in [1.807, 2.05) is 24.3 Å². The Bertz CT molecular complexity index is 857. The zero-order valence-corrected chi connectivity index (χ0v) is 17.1. The first-order valence-electron chi connectivity index (χ1n) is 8.90. The molecule has 0 fully saturated rings. The average molecular weight is 409 g/mol. The van der Waals surface area contributed by atoms with Gasteiger partial charge in [-0.25, -0.2) is 8.42 Å². The van der Waals surface area contributed by atoms with Crippen molar-refractivity contribution in [1.29, 1.82) is 0 Å².